The molecular formula is C27H33N3O3. The van der Waals surface area contributed by atoms with E-state index < -0.39 is 0 Å². The molecule has 6 heteroatoms. The molecule has 0 atom stereocenters. The third-order valence-corrected chi connectivity index (χ3v) is 6.94. The lowest BCUT2D eigenvalue weighted by atomic mass is 10.0. The highest BCUT2D eigenvalue weighted by Gasteiger charge is 2.34. The van der Waals surface area contributed by atoms with Gasteiger partial charge in [0, 0.05) is 57.2 Å². The van der Waals surface area contributed by atoms with Crippen LogP contribution in [-0.4, -0.2) is 65.8 Å². The molecule has 0 bridgehead atoms. The minimum absolute atomic E-state index is 0.223. The Balaban J connectivity index is 1.12. The van der Waals surface area contributed by atoms with E-state index in [9.17, 15) is 9.59 Å². The van der Waals surface area contributed by atoms with Gasteiger partial charge in [-0.15, -0.1) is 0 Å². The molecule has 0 aromatic heterocycles. The van der Waals surface area contributed by atoms with Crippen LogP contribution in [0.15, 0.2) is 48.5 Å². The van der Waals surface area contributed by atoms with E-state index >= 15 is 0 Å². The molecule has 3 aliphatic rings. The fourth-order valence-electron chi connectivity index (χ4n) is 4.79. The van der Waals surface area contributed by atoms with Crippen LogP contribution in [0.25, 0.3) is 0 Å². The van der Waals surface area contributed by atoms with Crippen molar-refractivity contribution in [2.45, 2.75) is 38.8 Å². The molecule has 0 radical (unpaired) electrons. The van der Waals surface area contributed by atoms with Crippen LogP contribution < -0.4 is 4.74 Å². The topological polar surface area (TPSA) is 53.1 Å². The number of carbonyl (C=O) groups is 2. The highest BCUT2D eigenvalue weighted by atomic mass is 16.5. The fourth-order valence-corrected chi connectivity index (χ4v) is 4.79. The summed E-state index contributed by atoms with van der Waals surface area (Å²) in [6, 6.07) is 16.7. The first-order chi connectivity index (χ1) is 16.2. The molecule has 0 spiro atoms. The Hall–Kier alpha value is -2.86. The van der Waals surface area contributed by atoms with E-state index in [-0.39, 0.29) is 17.7 Å². The predicted octanol–water partition coefficient (Wildman–Crippen LogP) is 3.09. The molecule has 5 rings (SSSR count). The molecule has 174 valence electrons. The second-order valence-corrected chi connectivity index (χ2v) is 9.47. The monoisotopic (exact) mass is 447 g/mol. The van der Waals surface area contributed by atoms with E-state index in [0.717, 1.165) is 62.4 Å². The van der Waals surface area contributed by atoms with E-state index in [4.69, 9.17) is 4.74 Å². The van der Waals surface area contributed by atoms with Crippen LogP contribution in [0.2, 0.25) is 0 Å². The van der Waals surface area contributed by atoms with Crippen molar-refractivity contribution in [1.82, 2.24) is 14.7 Å². The number of hydrogen-bond donors (Lipinski definition) is 0. The number of ether oxygens (including phenoxy) is 1. The van der Waals surface area contributed by atoms with Gasteiger partial charge in [-0.3, -0.25) is 14.5 Å². The van der Waals surface area contributed by atoms with Gasteiger partial charge in [0.2, 0.25) is 11.8 Å². The van der Waals surface area contributed by atoms with Crippen molar-refractivity contribution in [1.29, 1.82) is 0 Å². The van der Waals surface area contributed by atoms with Crippen LogP contribution in [0.1, 0.15) is 36.0 Å². The number of hydrogen-bond acceptors (Lipinski definition) is 4. The van der Waals surface area contributed by atoms with Gasteiger partial charge in [-0.2, -0.15) is 0 Å². The SMILES string of the molecule is O=C(CCc1ccc2c(c1)CN(C(=O)C1CC1)CCO2)N1CCN(Cc2ccccc2)CC1. The van der Waals surface area contributed by atoms with E-state index in [0.29, 0.717) is 32.5 Å². The Labute approximate surface area is 196 Å². The second kappa shape index (κ2) is 9.96. The molecule has 1 aliphatic carbocycles. The van der Waals surface area contributed by atoms with Gasteiger partial charge in [0.25, 0.3) is 0 Å². The average molecular weight is 448 g/mol. The molecule has 0 N–H and O–H groups in total. The lowest BCUT2D eigenvalue weighted by Crippen LogP contribution is -2.48. The molecule has 2 aliphatic heterocycles. The number of nitrogens with zero attached hydrogens (tertiary/aromatic N) is 3. The van der Waals surface area contributed by atoms with Crippen LogP contribution in [-0.2, 0) is 29.1 Å². The second-order valence-electron chi connectivity index (χ2n) is 9.47. The molecule has 2 heterocycles. The Morgan fingerprint density at radius 3 is 2.42 bits per heavy atom. The number of carbonyl (C=O) groups excluding carboxylic acids is 2. The summed E-state index contributed by atoms with van der Waals surface area (Å²) in [5, 5.41) is 0. The van der Waals surface area contributed by atoms with Crippen LogP contribution in [0.3, 0.4) is 0 Å². The first kappa shape index (κ1) is 22.0. The molecule has 1 saturated carbocycles. The molecular weight excluding hydrogens is 414 g/mol. The minimum Gasteiger partial charge on any atom is -0.491 e. The van der Waals surface area contributed by atoms with Crippen LogP contribution in [0.5, 0.6) is 5.75 Å². The number of benzene rings is 2. The summed E-state index contributed by atoms with van der Waals surface area (Å²) in [5.41, 5.74) is 3.51. The van der Waals surface area contributed by atoms with Gasteiger partial charge >= 0.3 is 0 Å². The minimum atomic E-state index is 0.223. The number of fused-ring (bicyclic) bond motifs is 1. The van der Waals surface area contributed by atoms with Crippen molar-refractivity contribution in [3.63, 3.8) is 0 Å². The number of amides is 2. The smallest absolute Gasteiger partial charge is 0.226 e. The summed E-state index contributed by atoms with van der Waals surface area (Å²) in [6.07, 6.45) is 3.27. The Morgan fingerprint density at radius 1 is 0.879 bits per heavy atom. The van der Waals surface area contributed by atoms with Crippen molar-refractivity contribution in [3.05, 3.63) is 65.2 Å². The lowest BCUT2D eigenvalue weighted by Gasteiger charge is -2.34. The highest BCUT2D eigenvalue weighted by Crippen LogP contribution is 2.33. The molecule has 6 nitrogen and oxygen atoms in total. The normalized spacial score (nSPS) is 18.9. The van der Waals surface area contributed by atoms with Gasteiger partial charge in [-0.05, 0) is 36.5 Å². The van der Waals surface area contributed by atoms with Gasteiger partial charge in [0.05, 0.1) is 6.54 Å². The molecule has 1 saturated heterocycles. The largest absolute Gasteiger partial charge is 0.491 e. The third kappa shape index (κ3) is 5.56. The average Bonchev–Trinajstić information content (AvgIpc) is 3.70. The van der Waals surface area contributed by atoms with E-state index in [2.05, 4.69) is 41.3 Å². The molecule has 2 fully saturated rings. The van der Waals surface area contributed by atoms with E-state index in [1.54, 1.807) is 0 Å². The lowest BCUT2D eigenvalue weighted by molar-refractivity contribution is -0.133. The molecule has 33 heavy (non-hydrogen) atoms. The molecule has 2 aromatic rings. The summed E-state index contributed by atoms with van der Waals surface area (Å²) in [4.78, 5) is 31.7. The van der Waals surface area contributed by atoms with Crippen molar-refractivity contribution in [2.75, 3.05) is 39.3 Å². The standard InChI is InChI=1S/C27H33N3O3/c31-26(29-14-12-28(13-15-29)19-22-4-2-1-3-5-22)11-7-21-6-10-25-24(18-21)20-30(16-17-33-25)27(32)23-8-9-23/h1-6,10,18,23H,7-9,11-17,19-20H2. The van der Waals surface area contributed by atoms with Gasteiger partial charge in [0.1, 0.15) is 12.4 Å². The van der Waals surface area contributed by atoms with Crippen molar-refractivity contribution >= 4 is 11.8 Å². The predicted molar refractivity (Wildman–Crippen MR) is 127 cm³/mol. The van der Waals surface area contributed by atoms with E-state index in [1.807, 2.05) is 21.9 Å². The van der Waals surface area contributed by atoms with Gasteiger partial charge in [-0.25, -0.2) is 0 Å². The van der Waals surface area contributed by atoms with Crippen LogP contribution in [0, 0.1) is 5.92 Å². The summed E-state index contributed by atoms with van der Waals surface area (Å²) in [7, 11) is 0. The Kier molecular flexibility index (Phi) is 6.63. The summed E-state index contributed by atoms with van der Waals surface area (Å²) in [6.45, 7) is 6.16. The number of aryl methyl sites for hydroxylation is 1. The fraction of sp³-hybridized carbons (Fsp3) is 0.481. The molecule has 0 unspecified atom stereocenters. The van der Waals surface area contributed by atoms with Crippen molar-refractivity contribution in [2.24, 2.45) is 5.92 Å². The zero-order valence-corrected chi connectivity index (χ0v) is 19.2. The summed E-state index contributed by atoms with van der Waals surface area (Å²) in [5.74, 6) is 1.58. The maximum Gasteiger partial charge on any atom is 0.226 e. The van der Waals surface area contributed by atoms with Gasteiger partial charge < -0.3 is 14.5 Å². The van der Waals surface area contributed by atoms with Crippen LogP contribution >= 0.6 is 0 Å². The molecule has 2 amide bonds. The first-order valence-corrected chi connectivity index (χ1v) is 12.2. The third-order valence-electron chi connectivity index (χ3n) is 6.94. The van der Waals surface area contributed by atoms with E-state index in [1.165, 1.54) is 5.56 Å². The number of piperazine rings is 1. The highest BCUT2D eigenvalue weighted by molar-refractivity contribution is 5.81. The first-order valence-electron chi connectivity index (χ1n) is 12.2. The Bertz CT molecular complexity index is 981. The van der Waals surface area contributed by atoms with Crippen molar-refractivity contribution < 1.29 is 14.3 Å². The maximum absolute atomic E-state index is 12.8. The van der Waals surface area contributed by atoms with Gasteiger partial charge in [-0.1, -0.05) is 42.5 Å². The number of rotatable bonds is 6. The van der Waals surface area contributed by atoms with Crippen molar-refractivity contribution in [3.8, 4) is 5.75 Å². The molecule has 2 aromatic carbocycles. The van der Waals surface area contributed by atoms with Crippen LogP contribution in [0.4, 0.5) is 0 Å². The zero-order chi connectivity index (χ0) is 22.6. The summed E-state index contributed by atoms with van der Waals surface area (Å²) < 4.78 is 5.88. The maximum atomic E-state index is 12.8. The van der Waals surface area contributed by atoms with Gasteiger partial charge in [0.15, 0.2) is 0 Å². The Morgan fingerprint density at radius 2 is 1.67 bits per heavy atom. The quantitative estimate of drug-likeness (QED) is 0.683. The zero-order valence-electron chi connectivity index (χ0n) is 19.2. The summed E-state index contributed by atoms with van der Waals surface area (Å²) >= 11 is 0.